The van der Waals surface area contributed by atoms with Gasteiger partial charge >= 0.3 is 0 Å². The molecule has 0 aliphatic rings. The van der Waals surface area contributed by atoms with Crippen LogP contribution < -0.4 is 0 Å². The molecule has 2 heterocycles. The largest absolute Gasteiger partial charge is 0.339 e. The number of aromatic nitrogens is 4. The SMILES string of the molecule is c1c[nH]c(Sc2ncc[nH]2)n1. The lowest BCUT2D eigenvalue weighted by molar-refractivity contribution is 1.01. The van der Waals surface area contributed by atoms with Crippen molar-refractivity contribution in [3.05, 3.63) is 24.8 Å². The van der Waals surface area contributed by atoms with Crippen LogP contribution >= 0.6 is 11.8 Å². The number of hydrogen-bond acceptors (Lipinski definition) is 3. The standard InChI is InChI=1S/C6H6N4S/c1-2-8-5(7-1)11-6-9-3-4-10-6/h1-4H,(H,7,8)(H,9,10). The molecule has 0 aliphatic heterocycles. The van der Waals surface area contributed by atoms with E-state index in [1.54, 1.807) is 24.8 Å². The molecular formula is C6H6N4S. The van der Waals surface area contributed by atoms with Gasteiger partial charge in [0.2, 0.25) is 0 Å². The summed E-state index contributed by atoms with van der Waals surface area (Å²) >= 11 is 1.47. The monoisotopic (exact) mass is 166 g/mol. The van der Waals surface area contributed by atoms with Crippen LogP contribution in [-0.4, -0.2) is 19.9 Å². The summed E-state index contributed by atoms with van der Waals surface area (Å²) in [6, 6.07) is 0. The maximum absolute atomic E-state index is 4.04. The summed E-state index contributed by atoms with van der Waals surface area (Å²) in [5.41, 5.74) is 0. The second-order valence-electron chi connectivity index (χ2n) is 1.89. The van der Waals surface area contributed by atoms with E-state index in [0.29, 0.717) is 0 Å². The summed E-state index contributed by atoms with van der Waals surface area (Å²) in [4.78, 5) is 14.0. The van der Waals surface area contributed by atoms with Gasteiger partial charge in [0.25, 0.3) is 0 Å². The van der Waals surface area contributed by atoms with Gasteiger partial charge in [-0.05, 0) is 11.8 Å². The summed E-state index contributed by atoms with van der Waals surface area (Å²) < 4.78 is 0. The molecule has 56 valence electrons. The van der Waals surface area contributed by atoms with E-state index in [9.17, 15) is 0 Å². The second-order valence-corrected chi connectivity index (χ2v) is 2.87. The molecule has 2 aromatic heterocycles. The van der Waals surface area contributed by atoms with E-state index in [0.717, 1.165) is 10.3 Å². The highest BCUT2D eigenvalue weighted by molar-refractivity contribution is 7.99. The molecule has 0 saturated carbocycles. The first kappa shape index (κ1) is 6.48. The number of nitrogens with one attached hydrogen (secondary N) is 2. The van der Waals surface area contributed by atoms with E-state index in [-0.39, 0.29) is 0 Å². The van der Waals surface area contributed by atoms with Crippen LogP contribution in [0, 0.1) is 0 Å². The molecule has 2 N–H and O–H groups in total. The van der Waals surface area contributed by atoms with E-state index in [1.807, 2.05) is 0 Å². The smallest absolute Gasteiger partial charge is 0.173 e. The van der Waals surface area contributed by atoms with Gasteiger partial charge in [0.15, 0.2) is 10.3 Å². The van der Waals surface area contributed by atoms with Crippen molar-refractivity contribution in [2.24, 2.45) is 0 Å². The number of rotatable bonds is 2. The average Bonchev–Trinajstić information content (AvgIpc) is 2.60. The molecule has 11 heavy (non-hydrogen) atoms. The third-order valence-electron chi connectivity index (χ3n) is 1.14. The lowest BCUT2D eigenvalue weighted by Gasteiger charge is -1.88. The van der Waals surface area contributed by atoms with Gasteiger partial charge in [0.1, 0.15) is 0 Å². The van der Waals surface area contributed by atoms with Crippen LogP contribution in [0.4, 0.5) is 0 Å². The summed E-state index contributed by atoms with van der Waals surface area (Å²) in [6.45, 7) is 0. The Bertz CT molecular complexity index is 267. The fourth-order valence-electron chi connectivity index (χ4n) is 0.705. The zero-order valence-electron chi connectivity index (χ0n) is 5.61. The van der Waals surface area contributed by atoms with Crippen molar-refractivity contribution in [2.45, 2.75) is 10.3 Å². The van der Waals surface area contributed by atoms with E-state index < -0.39 is 0 Å². The summed E-state index contributed by atoms with van der Waals surface area (Å²) in [6.07, 6.45) is 6.99. The predicted octanol–water partition coefficient (Wildman–Crippen LogP) is 1.28. The van der Waals surface area contributed by atoms with Gasteiger partial charge in [0, 0.05) is 24.8 Å². The Morgan fingerprint density at radius 1 is 1.00 bits per heavy atom. The van der Waals surface area contributed by atoms with Gasteiger partial charge in [-0.25, -0.2) is 9.97 Å². The normalized spacial score (nSPS) is 10.2. The zero-order valence-corrected chi connectivity index (χ0v) is 6.43. The Labute approximate surface area is 67.5 Å². The van der Waals surface area contributed by atoms with Crippen molar-refractivity contribution in [2.75, 3.05) is 0 Å². The van der Waals surface area contributed by atoms with Crippen LogP contribution in [0.2, 0.25) is 0 Å². The molecule has 0 aliphatic carbocycles. The van der Waals surface area contributed by atoms with E-state index >= 15 is 0 Å². The predicted molar refractivity (Wildman–Crippen MR) is 41.3 cm³/mol. The first-order valence-electron chi connectivity index (χ1n) is 3.12. The van der Waals surface area contributed by atoms with Gasteiger partial charge in [-0.2, -0.15) is 0 Å². The molecule has 0 spiro atoms. The highest BCUT2D eigenvalue weighted by Crippen LogP contribution is 2.18. The molecular weight excluding hydrogens is 160 g/mol. The van der Waals surface area contributed by atoms with Crippen molar-refractivity contribution in [1.82, 2.24) is 19.9 Å². The van der Waals surface area contributed by atoms with Gasteiger partial charge in [0.05, 0.1) is 0 Å². The second kappa shape index (κ2) is 2.79. The van der Waals surface area contributed by atoms with Crippen LogP contribution in [0.1, 0.15) is 0 Å². The molecule has 4 nitrogen and oxygen atoms in total. The number of hydrogen-bond donors (Lipinski definition) is 2. The van der Waals surface area contributed by atoms with Crippen LogP contribution in [0.5, 0.6) is 0 Å². The number of imidazole rings is 2. The van der Waals surface area contributed by atoms with Crippen molar-refractivity contribution >= 4 is 11.8 Å². The molecule has 0 aromatic carbocycles. The number of nitrogens with zero attached hydrogens (tertiary/aromatic N) is 2. The molecule has 0 radical (unpaired) electrons. The topological polar surface area (TPSA) is 57.4 Å². The van der Waals surface area contributed by atoms with Gasteiger partial charge in [-0.3, -0.25) is 0 Å². The average molecular weight is 166 g/mol. The Hall–Kier alpha value is -1.23. The van der Waals surface area contributed by atoms with Crippen molar-refractivity contribution < 1.29 is 0 Å². The minimum absolute atomic E-state index is 0.847. The maximum atomic E-state index is 4.04. The van der Waals surface area contributed by atoms with E-state index in [2.05, 4.69) is 19.9 Å². The minimum Gasteiger partial charge on any atom is -0.339 e. The first-order chi connectivity index (χ1) is 5.45. The highest BCUT2D eigenvalue weighted by atomic mass is 32.2. The van der Waals surface area contributed by atoms with Crippen LogP contribution in [0.15, 0.2) is 35.1 Å². The lowest BCUT2D eigenvalue weighted by atomic mass is 11.0. The fraction of sp³-hybridized carbons (Fsp3) is 0. The molecule has 0 fully saturated rings. The van der Waals surface area contributed by atoms with E-state index in [4.69, 9.17) is 0 Å². The Kier molecular flexibility index (Phi) is 1.64. The van der Waals surface area contributed by atoms with Crippen LogP contribution in [0.3, 0.4) is 0 Å². The molecule has 0 amide bonds. The quantitative estimate of drug-likeness (QED) is 0.706. The molecule has 2 rings (SSSR count). The van der Waals surface area contributed by atoms with Gasteiger partial charge in [-0.15, -0.1) is 0 Å². The van der Waals surface area contributed by atoms with E-state index in [1.165, 1.54) is 11.8 Å². The highest BCUT2D eigenvalue weighted by Gasteiger charge is 1.98. The molecule has 0 unspecified atom stereocenters. The Balaban J connectivity index is 2.14. The number of H-pyrrole nitrogens is 2. The van der Waals surface area contributed by atoms with Crippen LogP contribution in [0.25, 0.3) is 0 Å². The maximum Gasteiger partial charge on any atom is 0.173 e. The van der Waals surface area contributed by atoms with Crippen molar-refractivity contribution in [3.63, 3.8) is 0 Å². The van der Waals surface area contributed by atoms with Crippen molar-refractivity contribution in [3.8, 4) is 0 Å². The number of aromatic amines is 2. The lowest BCUT2D eigenvalue weighted by Crippen LogP contribution is -1.76. The third-order valence-corrected chi connectivity index (χ3v) is 1.97. The zero-order chi connectivity index (χ0) is 7.52. The van der Waals surface area contributed by atoms with Crippen LogP contribution in [-0.2, 0) is 0 Å². The summed E-state index contributed by atoms with van der Waals surface area (Å²) in [5, 5.41) is 1.69. The van der Waals surface area contributed by atoms with Gasteiger partial charge in [-0.1, -0.05) is 0 Å². The third kappa shape index (κ3) is 1.43. The summed E-state index contributed by atoms with van der Waals surface area (Å²) in [5.74, 6) is 0. The molecule has 0 atom stereocenters. The Morgan fingerprint density at radius 3 is 1.91 bits per heavy atom. The first-order valence-corrected chi connectivity index (χ1v) is 3.93. The molecule has 0 saturated heterocycles. The fourth-order valence-corrected chi connectivity index (χ4v) is 1.37. The Morgan fingerprint density at radius 2 is 1.55 bits per heavy atom. The molecule has 5 heteroatoms. The summed E-state index contributed by atoms with van der Waals surface area (Å²) in [7, 11) is 0. The van der Waals surface area contributed by atoms with Crippen molar-refractivity contribution in [1.29, 1.82) is 0 Å². The minimum atomic E-state index is 0.847. The molecule has 2 aromatic rings. The van der Waals surface area contributed by atoms with Gasteiger partial charge < -0.3 is 9.97 Å². The molecule has 0 bridgehead atoms.